The van der Waals surface area contributed by atoms with Gasteiger partial charge in [-0.05, 0) is 12.0 Å². The lowest BCUT2D eigenvalue weighted by Gasteiger charge is -2.24. The molecule has 1 heterocycles. The molecule has 0 radical (unpaired) electrons. The van der Waals surface area contributed by atoms with Crippen LogP contribution in [-0.2, 0) is 5.75 Å². The fourth-order valence-electron chi connectivity index (χ4n) is 1.58. The summed E-state index contributed by atoms with van der Waals surface area (Å²) in [5.41, 5.74) is 1.36. The first-order chi connectivity index (χ1) is 7.36. The number of amidine groups is 1. The first kappa shape index (κ1) is 10.6. The van der Waals surface area contributed by atoms with E-state index in [-0.39, 0.29) is 0 Å². The summed E-state index contributed by atoms with van der Waals surface area (Å²) < 4.78 is 0. The van der Waals surface area contributed by atoms with Gasteiger partial charge in [-0.15, -0.1) is 0 Å². The molecule has 0 fully saturated rings. The smallest absolute Gasteiger partial charge is 0.159 e. The summed E-state index contributed by atoms with van der Waals surface area (Å²) >= 11 is 1.83. The first-order valence-electron chi connectivity index (χ1n) is 5.28. The summed E-state index contributed by atoms with van der Waals surface area (Å²) in [7, 11) is 2.12. The number of benzene rings is 1. The van der Waals surface area contributed by atoms with Gasteiger partial charge in [0.15, 0.2) is 5.17 Å². The van der Waals surface area contributed by atoms with Crippen LogP contribution in [-0.4, -0.2) is 30.2 Å². The average molecular weight is 220 g/mol. The minimum atomic E-state index is 0.988. The van der Waals surface area contributed by atoms with Gasteiger partial charge in [-0.2, -0.15) is 0 Å². The predicted molar refractivity (Wildman–Crippen MR) is 67.3 cm³/mol. The SMILES string of the molecule is CN1CCCN=C1SCc1ccccc1. The van der Waals surface area contributed by atoms with Crippen molar-refractivity contribution in [2.24, 2.45) is 4.99 Å². The van der Waals surface area contributed by atoms with Crippen LogP contribution in [0.15, 0.2) is 35.3 Å². The van der Waals surface area contributed by atoms with E-state index in [9.17, 15) is 0 Å². The van der Waals surface area contributed by atoms with E-state index >= 15 is 0 Å². The van der Waals surface area contributed by atoms with E-state index in [0.29, 0.717) is 0 Å². The normalized spacial score (nSPS) is 16.3. The van der Waals surface area contributed by atoms with Crippen LogP contribution in [0, 0.1) is 0 Å². The standard InChI is InChI=1S/C12H16N2S/c1-14-9-5-8-13-12(14)15-10-11-6-3-2-4-7-11/h2-4,6-7H,5,8-10H2,1H3. The molecule has 2 rings (SSSR count). The van der Waals surface area contributed by atoms with Crippen molar-refractivity contribution < 1.29 is 0 Å². The van der Waals surface area contributed by atoms with Crippen LogP contribution in [0.2, 0.25) is 0 Å². The molecule has 1 aliphatic rings. The molecule has 15 heavy (non-hydrogen) atoms. The number of thioether (sulfide) groups is 1. The molecule has 0 saturated heterocycles. The monoisotopic (exact) mass is 220 g/mol. The molecule has 0 aromatic heterocycles. The molecule has 80 valence electrons. The van der Waals surface area contributed by atoms with Gasteiger partial charge in [0.1, 0.15) is 0 Å². The maximum atomic E-state index is 4.53. The Kier molecular flexibility index (Phi) is 3.67. The summed E-state index contributed by atoms with van der Waals surface area (Å²) in [5.74, 6) is 1.02. The molecule has 0 N–H and O–H groups in total. The van der Waals surface area contributed by atoms with Gasteiger partial charge in [0.05, 0.1) is 0 Å². The third-order valence-electron chi connectivity index (χ3n) is 2.44. The highest BCUT2D eigenvalue weighted by molar-refractivity contribution is 8.13. The number of hydrogen-bond donors (Lipinski definition) is 0. The fraction of sp³-hybridized carbons (Fsp3) is 0.417. The molecule has 0 saturated carbocycles. The molecule has 1 aromatic rings. The topological polar surface area (TPSA) is 15.6 Å². The summed E-state index contributed by atoms with van der Waals surface area (Å²) in [5, 5.41) is 1.19. The third-order valence-corrected chi connectivity index (χ3v) is 3.61. The Hall–Kier alpha value is -0.960. The lowest BCUT2D eigenvalue weighted by molar-refractivity contribution is 0.477. The van der Waals surface area contributed by atoms with Crippen molar-refractivity contribution in [3.63, 3.8) is 0 Å². The van der Waals surface area contributed by atoms with Crippen LogP contribution in [0.25, 0.3) is 0 Å². The van der Waals surface area contributed by atoms with Crippen LogP contribution in [0.1, 0.15) is 12.0 Å². The summed E-state index contributed by atoms with van der Waals surface area (Å²) in [4.78, 5) is 6.78. The van der Waals surface area contributed by atoms with Crippen LogP contribution in [0.5, 0.6) is 0 Å². The largest absolute Gasteiger partial charge is 0.354 e. The van der Waals surface area contributed by atoms with Gasteiger partial charge >= 0.3 is 0 Å². The van der Waals surface area contributed by atoms with Gasteiger partial charge in [-0.3, -0.25) is 4.99 Å². The molecule has 1 aromatic carbocycles. The van der Waals surface area contributed by atoms with Gasteiger partial charge < -0.3 is 4.90 Å². The maximum absolute atomic E-state index is 4.53. The van der Waals surface area contributed by atoms with E-state index in [4.69, 9.17) is 0 Å². The fourth-order valence-corrected chi connectivity index (χ4v) is 2.56. The second-order valence-electron chi connectivity index (χ2n) is 3.71. The molecule has 0 aliphatic carbocycles. The Morgan fingerprint density at radius 1 is 1.33 bits per heavy atom. The van der Waals surface area contributed by atoms with Gasteiger partial charge in [-0.1, -0.05) is 42.1 Å². The van der Waals surface area contributed by atoms with E-state index in [0.717, 1.165) is 18.8 Å². The van der Waals surface area contributed by atoms with Crippen molar-refractivity contribution in [2.75, 3.05) is 20.1 Å². The van der Waals surface area contributed by atoms with E-state index in [2.05, 4.69) is 47.3 Å². The molecule has 0 amide bonds. The van der Waals surface area contributed by atoms with Crippen LogP contribution >= 0.6 is 11.8 Å². The molecular weight excluding hydrogens is 204 g/mol. The average Bonchev–Trinajstić information content (AvgIpc) is 2.29. The number of hydrogen-bond acceptors (Lipinski definition) is 3. The van der Waals surface area contributed by atoms with E-state index in [1.54, 1.807) is 0 Å². The maximum Gasteiger partial charge on any atom is 0.159 e. The highest BCUT2D eigenvalue weighted by atomic mass is 32.2. The Labute approximate surface area is 95.4 Å². The van der Waals surface area contributed by atoms with Crippen LogP contribution < -0.4 is 0 Å². The highest BCUT2D eigenvalue weighted by Crippen LogP contribution is 2.17. The molecule has 3 heteroatoms. The van der Waals surface area contributed by atoms with E-state index in [1.165, 1.54) is 17.2 Å². The van der Waals surface area contributed by atoms with Crippen LogP contribution in [0.4, 0.5) is 0 Å². The summed E-state index contributed by atoms with van der Waals surface area (Å²) in [6.07, 6.45) is 1.19. The Bertz CT molecular complexity index is 335. The second kappa shape index (κ2) is 5.21. The van der Waals surface area contributed by atoms with E-state index in [1.807, 2.05) is 11.8 Å². The number of rotatable bonds is 2. The quantitative estimate of drug-likeness (QED) is 0.761. The van der Waals surface area contributed by atoms with Crippen molar-refractivity contribution in [1.29, 1.82) is 0 Å². The van der Waals surface area contributed by atoms with Gasteiger partial charge in [0.2, 0.25) is 0 Å². The second-order valence-corrected chi connectivity index (χ2v) is 4.66. The van der Waals surface area contributed by atoms with Gasteiger partial charge in [-0.25, -0.2) is 0 Å². The molecular formula is C12H16N2S. The van der Waals surface area contributed by atoms with Crippen molar-refractivity contribution in [3.05, 3.63) is 35.9 Å². The zero-order valence-corrected chi connectivity index (χ0v) is 9.83. The van der Waals surface area contributed by atoms with Crippen molar-refractivity contribution >= 4 is 16.9 Å². The Balaban J connectivity index is 1.90. The minimum Gasteiger partial charge on any atom is -0.354 e. The predicted octanol–water partition coefficient (Wildman–Crippen LogP) is 2.61. The molecule has 1 aliphatic heterocycles. The van der Waals surface area contributed by atoms with Crippen molar-refractivity contribution in [3.8, 4) is 0 Å². The first-order valence-corrected chi connectivity index (χ1v) is 6.27. The van der Waals surface area contributed by atoms with Gasteiger partial charge in [0.25, 0.3) is 0 Å². The molecule has 2 nitrogen and oxygen atoms in total. The van der Waals surface area contributed by atoms with Gasteiger partial charge in [0, 0.05) is 25.9 Å². The Morgan fingerprint density at radius 3 is 2.87 bits per heavy atom. The number of aliphatic imine (C=N–C) groups is 1. The Morgan fingerprint density at radius 2 is 2.13 bits per heavy atom. The third kappa shape index (κ3) is 2.99. The minimum absolute atomic E-state index is 0.988. The lowest BCUT2D eigenvalue weighted by Crippen LogP contribution is -2.29. The lowest BCUT2D eigenvalue weighted by atomic mass is 10.2. The molecule has 0 unspecified atom stereocenters. The molecule has 0 bridgehead atoms. The van der Waals surface area contributed by atoms with Crippen LogP contribution in [0.3, 0.4) is 0 Å². The zero-order chi connectivity index (χ0) is 10.5. The van der Waals surface area contributed by atoms with Crippen molar-refractivity contribution in [1.82, 2.24) is 4.90 Å². The van der Waals surface area contributed by atoms with E-state index < -0.39 is 0 Å². The summed E-state index contributed by atoms with van der Waals surface area (Å²) in [6, 6.07) is 10.6. The highest BCUT2D eigenvalue weighted by Gasteiger charge is 2.10. The molecule has 0 atom stereocenters. The van der Waals surface area contributed by atoms with Crippen molar-refractivity contribution in [2.45, 2.75) is 12.2 Å². The number of nitrogens with zero attached hydrogens (tertiary/aromatic N) is 2. The summed E-state index contributed by atoms with van der Waals surface area (Å²) in [6.45, 7) is 2.13. The zero-order valence-electron chi connectivity index (χ0n) is 9.02. The molecule has 0 spiro atoms.